The van der Waals surface area contributed by atoms with Crippen LogP contribution in [0.4, 0.5) is 4.79 Å². The van der Waals surface area contributed by atoms with Gasteiger partial charge in [0.25, 0.3) is 0 Å². The molecule has 6 nitrogen and oxygen atoms in total. The van der Waals surface area contributed by atoms with Gasteiger partial charge in [0.05, 0.1) is 11.2 Å². The second kappa shape index (κ2) is 7.27. The fraction of sp³-hybridized carbons (Fsp3) is 0.667. The molecular weight excluding hydrogens is 357 g/mol. The molecule has 1 aliphatic heterocycles. The number of carbonyl (C=O) groups excluding carboxylic acids is 1. The summed E-state index contributed by atoms with van der Waals surface area (Å²) in [7, 11) is -0.370. The van der Waals surface area contributed by atoms with Crippen molar-refractivity contribution >= 4 is 18.7 Å². The first-order valence-electron chi connectivity index (χ1n) is 9.96. The molecule has 1 aromatic carbocycles. The molecule has 1 aliphatic carbocycles. The van der Waals surface area contributed by atoms with Crippen molar-refractivity contribution in [1.29, 1.82) is 0 Å². The van der Waals surface area contributed by atoms with E-state index in [2.05, 4.69) is 5.32 Å². The number of carbonyl (C=O) groups is 1. The molecule has 0 atom stereocenters. The molecule has 1 N–H and O–H groups in total. The van der Waals surface area contributed by atoms with E-state index < -0.39 is 5.60 Å². The predicted molar refractivity (Wildman–Crippen MR) is 109 cm³/mol. The van der Waals surface area contributed by atoms with Gasteiger partial charge in [-0.3, -0.25) is 0 Å². The van der Waals surface area contributed by atoms with Gasteiger partial charge < -0.3 is 24.1 Å². The van der Waals surface area contributed by atoms with E-state index >= 15 is 0 Å². The molecular formula is C21H32BNO5. The van der Waals surface area contributed by atoms with Gasteiger partial charge in [0, 0.05) is 18.9 Å². The third kappa shape index (κ3) is 4.81. The summed E-state index contributed by atoms with van der Waals surface area (Å²) in [4.78, 5) is 11.8. The van der Waals surface area contributed by atoms with E-state index in [1.54, 1.807) is 0 Å². The van der Waals surface area contributed by atoms with Crippen LogP contribution in [-0.2, 0) is 14.0 Å². The van der Waals surface area contributed by atoms with Crippen molar-refractivity contribution in [1.82, 2.24) is 5.32 Å². The van der Waals surface area contributed by atoms with Crippen molar-refractivity contribution in [3.63, 3.8) is 0 Å². The highest BCUT2D eigenvalue weighted by Gasteiger charge is 2.51. The Kier molecular flexibility index (Phi) is 5.45. The lowest BCUT2D eigenvalue weighted by atomic mass is 9.79. The molecule has 1 saturated heterocycles. The second-order valence-electron chi connectivity index (χ2n) is 9.71. The van der Waals surface area contributed by atoms with Gasteiger partial charge in [-0.25, -0.2) is 4.79 Å². The molecule has 2 fully saturated rings. The van der Waals surface area contributed by atoms with Crippen LogP contribution in [0.2, 0.25) is 0 Å². The quantitative estimate of drug-likeness (QED) is 0.800. The van der Waals surface area contributed by atoms with Crippen LogP contribution in [0.1, 0.15) is 61.3 Å². The molecule has 0 unspecified atom stereocenters. The summed E-state index contributed by atoms with van der Waals surface area (Å²) in [6.45, 7) is 13.7. The zero-order chi connectivity index (χ0) is 20.7. The normalized spacial score (nSPS) is 25.8. The molecule has 1 aromatic rings. The molecule has 0 bridgehead atoms. The molecule has 1 heterocycles. The Labute approximate surface area is 168 Å². The molecule has 0 spiro atoms. The zero-order valence-corrected chi connectivity index (χ0v) is 18.0. The third-order valence-electron chi connectivity index (χ3n) is 5.52. The minimum absolute atomic E-state index is 0.0997. The first-order chi connectivity index (χ1) is 12.8. The van der Waals surface area contributed by atoms with Crippen LogP contribution in [-0.4, -0.2) is 42.2 Å². The number of benzene rings is 1. The monoisotopic (exact) mass is 389 g/mol. The summed E-state index contributed by atoms with van der Waals surface area (Å²) in [6.07, 6.45) is 1.28. The summed E-state index contributed by atoms with van der Waals surface area (Å²) in [5.74, 6) is 0.806. The molecule has 7 heteroatoms. The van der Waals surface area contributed by atoms with Gasteiger partial charge in [-0.05, 0) is 66.1 Å². The van der Waals surface area contributed by atoms with E-state index in [9.17, 15) is 4.79 Å². The minimum atomic E-state index is -0.483. The molecule has 1 amide bonds. The SMILES string of the molecule is CC(C)(C)OC(=O)NC1CC(Oc2ccc(B3OC(C)(C)C(C)(C)O3)cc2)C1. The fourth-order valence-corrected chi connectivity index (χ4v) is 3.13. The summed E-state index contributed by atoms with van der Waals surface area (Å²) in [5.41, 5.74) is -0.212. The summed E-state index contributed by atoms with van der Waals surface area (Å²) < 4.78 is 23.4. The van der Waals surface area contributed by atoms with Crippen LogP contribution in [0.3, 0.4) is 0 Å². The van der Waals surface area contributed by atoms with Gasteiger partial charge in [0.1, 0.15) is 17.5 Å². The molecule has 2 aliphatic rings. The summed E-state index contributed by atoms with van der Waals surface area (Å²) in [6, 6.07) is 7.94. The van der Waals surface area contributed by atoms with Crippen LogP contribution in [0, 0.1) is 0 Å². The van der Waals surface area contributed by atoms with Crippen LogP contribution in [0.15, 0.2) is 24.3 Å². The molecule has 1 saturated carbocycles. The van der Waals surface area contributed by atoms with E-state index in [1.807, 2.05) is 72.7 Å². The van der Waals surface area contributed by atoms with Gasteiger partial charge in [-0.2, -0.15) is 0 Å². The molecule has 28 heavy (non-hydrogen) atoms. The zero-order valence-electron chi connectivity index (χ0n) is 18.0. The van der Waals surface area contributed by atoms with Crippen molar-refractivity contribution in [2.24, 2.45) is 0 Å². The topological polar surface area (TPSA) is 66.0 Å². The minimum Gasteiger partial charge on any atom is -0.490 e. The average Bonchev–Trinajstić information content (AvgIpc) is 2.72. The highest BCUT2D eigenvalue weighted by atomic mass is 16.7. The third-order valence-corrected chi connectivity index (χ3v) is 5.52. The maximum atomic E-state index is 11.8. The van der Waals surface area contributed by atoms with Crippen LogP contribution >= 0.6 is 0 Å². The highest BCUT2D eigenvalue weighted by Crippen LogP contribution is 2.36. The van der Waals surface area contributed by atoms with Gasteiger partial charge in [-0.1, -0.05) is 12.1 Å². The van der Waals surface area contributed by atoms with E-state index in [4.69, 9.17) is 18.8 Å². The van der Waals surface area contributed by atoms with Gasteiger partial charge in [-0.15, -0.1) is 0 Å². The number of alkyl carbamates (subject to hydrolysis) is 1. The average molecular weight is 389 g/mol. The number of nitrogens with one attached hydrogen (secondary N) is 1. The van der Waals surface area contributed by atoms with Gasteiger partial charge >= 0.3 is 13.2 Å². The van der Waals surface area contributed by atoms with Crippen molar-refractivity contribution in [3.05, 3.63) is 24.3 Å². The van der Waals surface area contributed by atoms with E-state index in [1.165, 1.54) is 0 Å². The molecule has 0 radical (unpaired) electrons. The number of hydrogen-bond acceptors (Lipinski definition) is 5. The highest BCUT2D eigenvalue weighted by molar-refractivity contribution is 6.62. The first-order valence-corrected chi connectivity index (χ1v) is 9.96. The summed E-state index contributed by atoms with van der Waals surface area (Å²) >= 11 is 0. The van der Waals surface area contributed by atoms with Crippen LogP contribution < -0.4 is 15.5 Å². The summed E-state index contributed by atoms with van der Waals surface area (Å²) in [5, 5.41) is 2.88. The Balaban J connectivity index is 1.46. The fourth-order valence-electron chi connectivity index (χ4n) is 3.13. The largest absolute Gasteiger partial charge is 0.494 e. The first kappa shape index (κ1) is 21.0. The van der Waals surface area contributed by atoms with E-state index in [0.717, 1.165) is 24.1 Å². The molecule has 3 rings (SSSR count). The van der Waals surface area contributed by atoms with Crippen molar-refractivity contribution < 1.29 is 23.6 Å². The second-order valence-corrected chi connectivity index (χ2v) is 9.71. The Hall–Kier alpha value is -1.73. The lowest BCUT2D eigenvalue weighted by Crippen LogP contribution is -2.50. The number of ether oxygens (including phenoxy) is 2. The number of amides is 1. The van der Waals surface area contributed by atoms with Crippen LogP contribution in [0.25, 0.3) is 0 Å². The standard InChI is InChI=1S/C21H32BNO5/c1-19(2,3)26-18(24)23-15-12-17(13-15)25-16-10-8-14(9-11-16)22-27-20(4,5)21(6,7)28-22/h8-11,15,17H,12-13H2,1-7H3,(H,23,24). The maximum Gasteiger partial charge on any atom is 0.494 e. The lowest BCUT2D eigenvalue weighted by molar-refractivity contribution is 0.00578. The number of rotatable bonds is 4. The van der Waals surface area contributed by atoms with Crippen molar-refractivity contribution in [2.75, 3.05) is 0 Å². The molecule has 154 valence electrons. The van der Waals surface area contributed by atoms with Crippen molar-refractivity contribution in [2.45, 2.75) is 90.3 Å². The Morgan fingerprint density at radius 2 is 1.61 bits per heavy atom. The lowest BCUT2D eigenvalue weighted by Gasteiger charge is -2.36. The molecule has 0 aromatic heterocycles. The van der Waals surface area contributed by atoms with E-state index in [-0.39, 0.29) is 36.6 Å². The Morgan fingerprint density at radius 3 is 2.11 bits per heavy atom. The predicted octanol–water partition coefficient (Wildman–Crippen LogP) is 3.42. The van der Waals surface area contributed by atoms with Crippen molar-refractivity contribution in [3.8, 4) is 5.75 Å². The van der Waals surface area contributed by atoms with Gasteiger partial charge in [0.2, 0.25) is 0 Å². The Morgan fingerprint density at radius 1 is 1.07 bits per heavy atom. The van der Waals surface area contributed by atoms with E-state index in [0.29, 0.717) is 0 Å². The van der Waals surface area contributed by atoms with Crippen LogP contribution in [0.5, 0.6) is 5.75 Å². The number of hydrogen-bond donors (Lipinski definition) is 1. The Bertz CT molecular complexity index is 689. The maximum absolute atomic E-state index is 11.8. The smallest absolute Gasteiger partial charge is 0.490 e. The van der Waals surface area contributed by atoms with Gasteiger partial charge in [0.15, 0.2) is 0 Å².